The molecule has 1 heterocycles. The first-order chi connectivity index (χ1) is 16.6. The van der Waals surface area contributed by atoms with E-state index >= 15 is 0 Å². The van der Waals surface area contributed by atoms with Crippen LogP contribution in [0.1, 0.15) is 36.0 Å². The van der Waals surface area contributed by atoms with Crippen molar-refractivity contribution in [2.75, 3.05) is 24.3 Å². The number of aromatic nitrogens is 2. The number of halogens is 4. The van der Waals surface area contributed by atoms with Gasteiger partial charge in [-0.05, 0) is 56.0 Å². The molecule has 0 saturated heterocycles. The van der Waals surface area contributed by atoms with Crippen LogP contribution in [0.15, 0.2) is 42.5 Å². The summed E-state index contributed by atoms with van der Waals surface area (Å²) < 4.78 is 41.1. The Balaban J connectivity index is 1.34. The van der Waals surface area contributed by atoms with E-state index in [1.807, 2.05) is 43.3 Å². The SMILES string of the molecule is CN(C)c1nc(N[C@H]2CC[C@@H](NC(=O)c3ccc(OC(F)(F)F)c(Cl)c3)CC2)nc2ccccc12. The van der Waals surface area contributed by atoms with E-state index in [2.05, 4.69) is 25.3 Å². The van der Waals surface area contributed by atoms with Crippen molar-refractivity contribution in [2.24, 2.45) is 0 Å². The summed E-state index contributed by atoms with van der Waals surface area (Å²) >= 11 is 5.86. The van der Waals surface area contributed by atoms with Gasteiger partial charge in [0.25, 0.3) is 5.91 Å². The molecule has 0 atom stereocenters. The van der Waals surface area contributed by atoms with Crippen LogP contribution in [0.25, 0.3) is 10.9 Å². The molecule has 1 saturated carbocycles. The number of para-hydroxylation sites is 1. The largest absolute Gasteiger partial charge is 0.573 e. The number of benzene rings is 2. The Bertz CT molecular complexity index is 1210. The molecule has 4 rings (SSSR count). The van der Waals surface area contributed by atoms with Crippen LogP contribution in [0.2, 0.25) is 5.02 Å². The van der Waals surface area contributed by atoms with Gasteiger partial charge < -0.3 is 20.3 Å². The summed E-state index contributed by atoms with van der Waals surface area (Å²) in [7, 11) is 3.88. The van der Waals surface area contributed by atoms with Gasteiger partial charge in [-0.25, -0.2) is 4.98 Å². The zero-order valence-corrected chi connectivity index (χ0v) is 20.0. The van der Waals surface area contributed by atoms with Crippen molar-refractivity contribution in [2.45, 2.75) is 44.1 Å². The third-order valence-electron chi connectivity index (χ3n) is 5.82. The molecule has 1 fully saturated rings. The number of amides is 1. The topological polar surface area (TPSA) is 79.4 Å². The minimum absolute atomic E-state index is 0.0553. The highest BCUT2D eigenvalue weighted by Gasteiger charge is 2.32. The van der Waals surface area contributed by atoms with Gasteiger partial charge >= 0.3 is 6.36 Å². The third kappa shape index (κ3) is 6.25. The van der Waals surface area contributed by atoms with Crippen molar-refractivity contribution < 1.29 is 22.7 Å². The van der Waals surface area contributed by atoms with Gasteiger partial charge in [-0.15, -0.1) is 13.2 Å². The smallest absolute Gasteiger partial charge is 0.404 e. The summed E-state index contributed by atoms with van der Waals surface area (Å²) in [5.74, 6) is 0.464. The number of hydrogen-bond donors (Lipinski definition) is 2. The summed E-state index contributed by atoms with van der Waals surface area (Å²) in [6.07, 6.45) is -1.78. The van der Waals surface area contributed by atoms with Crippen LogP contribution in [0.5, 0.6) is 5.75 Å². The van der Waals surface area contributed by atoms with Gasteiger partial charge in [-0.2, -0.15) is 4.98 Å². The summed E-state index contributed by atoms with van der Waals surface area (Å²) in [5.41, 5.74) is 1.03. The molecule has 7 nitrogen and oxygen atoms in total. The van der Waals surface area contributed by atoms with E-state index in [4.69, 9.17) is 11.6 Å². The number of nitrogens with one attached hydrogen (secondary N) is 2. The fourth-order valence-electron chi connectivity index (χ4n) is 4.15. The normalized spacial score (nSPS) is 18.2. The minimum Gasteiger partial charge on any atom is -0.404 e. The molecule has 0 bridgehead atoms. The summed E-state index contributed by atoms with van der Waals surface area (Å²) in [4.78, 5) is 23.9. The number of rotatable bonds is 6. The lowest BCUT2D eigenvalue weighted by Gasteiger charge is -2.30. The molecule has 186 valence electrons. The predicted molar refractivity (Wildman–Crippen MR) is 129 cm³/mol. The number of alkyl halides is 3. The predicted octanol–water partition coefficient (Wildman–Crippen LogP) is 5.40. The Morgan fingerprint density at radius 2 is 1.74 bits per heavy atom. The average Bonchev–Trinajstić information content (AvgIpc) is 2.80. The van der Waals surface area contributed by atoms with Crippen LogP contribution in [-0.4, -0.2) is 48.4 Å². The van der Waals surface area contributed by atoms with Crippen LogP contribution in [-0.2, 0) is 0 Å². The Morgan fingerprint density at radius 3 is 2.40 bits per heavy atom. The van der Waals surface area contributed by atoms with Gasteiger partial charge in [0.15, 0.2) is 0 Å². The molecule has 1 amide bonds. The van der Waals surface area contributed by atoms with Crippen molar-refractivity contribution in [1.29, 1.82) is 0 Å². The van der Waals surface area contributed by atoms with E-state index in [1.54, 1.807) is 0 Å². The average molecular weight is 508 g/mol. The van der Waals surface area contributed by atoms with Gasteiger partial charge in [-0.1, -0.05) is 23.7 Å². The molecule has 0 spiro atoms. The van der Waals surface area contributed by atoms with E-state index in [0.29, 0.717) is 5.95 Å². The Labute approximate surface area is 205 Å². The fourth-order valence-corrected chi connectivity index (χ4v) is 4.37. The minimum atomic E-state index is -4.86. The lowest BCUT2D eigenvalue weighted by Crippen LogP contribution is -2.40. The molecule has 1 aromatic heterocycles. The lowest BCUT2D eigenvalue weighted by atomic mass is 9.91. The van der Waals surface area contributed by atoms with Crippen molar-refractivity contribution in [3.8, 4) is 5.75 Å². The van der Waals surface area contributed by atoms with Crippen molar-refractivity contribution >= 4 is 40.2 Å². The molecule has 0 radical (unpaired) electrons. The van der Waals surface area contributed by atoms with E-state index < -0.39 is 18.0 Å². The molecule has 1 aliphatic rings. The van der Waals surface area contributed by atoms with E-state index in [1.165, 1.54) is 12.1 Å². The van der Waals surface area contributed by atoms with Gasteiger partial charge in [0, 0.05) is 37.1 Å². The molecule has 3 aromatic rings. The molecular formula is C24H25ClF3N5O2. The van der Waals surface area contributed by atoms with Gasteiger partial charge in [0.1, 0.15) is 11.6 Å². The molecule has 2 N–H and O–H groups in total. The Kier molecular flexibility index (Phi) is 7.20. The second kappa shape index (κ2) is 10.2. The number of carbonyl (C=O) groups is 1. The zero-order valence-electron chi connectivity index (χ0n) is 19.2. The number of hydrogen-bond acceptors (Lipinski definition) is 6. The monoisotopic (exact) mass is 507 g/mol. The molecule has 2 aromatic carbocycles. The molecule has 35 heavy (non-hydrogen) atoms. The number of carbonyl (C=O) groups excluding carboxylic acids is 1. The molecule has 11 heteroatoms. The molecular weight excluding hydrogens is 483 g/mol. The van der Waals surface area contributed by atoms with Gasteiger partial charge in [-0.3, -0.25) is 4.79 Å². The quantitative estimate of drug-likeness (QED) is 0.465. The third-order valence-corrected chi connectivity index (χ3v) is 6.12. The van der Waals surface area contributed by atoms with Crippen LogP contribution in [0, 0.1) is 0 Å². The first-order valence-electron chi connectivity index (χ1n) is 11.2. The second-order valence-corrected chi connectivity index (χ2v) is 9.05. The highest BCUT2D eigenvalue weighted by atomic mass is 35.5. The van der Waals surface area contributed by atoms with Gasteiger partial charge in [0.2, 0.25) is 5.95 Å². The van der Waals surface area contributed by atoms with Crippen LogP contribution in [0.3, 0.4) is 0 Å². The highest BCUT2D eigenvalue weighted by Crippen LogP contribution is 2.31. The van der Waals surface area contributed by atoms with E-state index in [0.717, 1.165) is 48.5 Å². The van der Waals surface area contributed by atoms with Crippen molar-refractivity contribution in [3.05, 3.63) is 53.1 Å². The highest BCUT2D eigenvalue weighted by molar-refractivity contribution is 6.32. The maximum Gasteiger partial charge on any atom is 0.573 e. The number of fused-ring (bicyclic) bond motifs is 1. The zero-order chi connectivity index (χ0) is 25.2. The summed E-state index contributed by atoms with van der Waals surface area (Å²) in [6, 6.07) is 11.4. The van der Waals surface area contributed by atoms with Crippen molar-refractivity contribution in [1.82, 2.24) is 15.3 Å². The maximum atomic E-state index is 12.6. The number of ether oxygens (including phenoxy) is 1. The van der Waals surface area contributed by atoms with Crippen LogP contribution in [0.4, 0.5) is 24.9 Å². The standard InChI is InChI=1S/C24H25ClF3N5O2/c1-33(2)21-17-5-3-4-6-19(17)31-23(32-21)30-16-10-8-15(9-11-16)29-22(34)14-7-12-20(18(25)13-14)35-24(26,27)28/h3-7,12-13,15-16H,8-11H2,1-2H3,(H,29,34)(H,30,31,32)/t15-,16+. The Morgan fingerprint density at radius 1 is 1.06 bits per heavy atom. The maximum absolute atomic E-state index is 12.6. The summed E-state index contributed by atoms with van der Waals surface area (Å²) in [6.45, 7) is 0. The fraction of sp³-hybridized carbons (Fsp3) is 0.375. The molecule has 0 unspecified atom stereocenters. The van der Waals surface area contributed by atoms with E-state index in [9.17, 15) is 18.0 Å². The first kappa shape index (κ1) is 24.8. The van der Waals surface area contributed by atoms with E-state index in [-0.39, 0.29) is 22.7 Å². The van der Waals surface area contributed by atoms with Crippen molar-refractivity contribution in [3.63, 3.8) is 0 Å². The Hall–Kier alpha value is -3.27. The van der Waals surface area contributed by atoms with Gasteiger partial charge in [0.05, 0.1) is 10.5 Å². The molecule has 1 aliphatic carbocycles. The van der Waals surface area contributed by atoms with Crippen LogP contribution < -0.4 is 20.3 Å². The summed E-state index contributed by atoms with van der Waals surface area (Å²) in [5, 5.41) is 7.05. The first-order valence-corrected chi connectivity index (χ1v) is 11.5. The number of nitrogens with zero attached hydrogens (tertiary/aromatic N) is 3. The second-order valence-electron chi connectivity index (χ2n) is 8.64. The lowest BCUT2D eigenvalue weighted by molar-refractivity contribution is -0.274. The van der Waals surface area contributed by atoms with Crippen LogP contribution >= 0.6 is 11.6 Å². The molecule has 0 aliphatic heterocycles. The number of anilines is 2.